The van der Waals surface area contributed by atoms with E-state index in [1.165, 1.54) is 0 Å². The molecule has 0 spiro atoms. The Hall–Kier alpha value is 0.0700. The molecule has 0 radical (unpaired) electrons. The third kappa shape index (κ3) is 7.42. The van der Waals surface area contributed by atoms with Crippen molar-refractivity contribution < 1.29 is 4.57 Å². The summed E-state index contributed by atoms with van der Waals surface area (Å²) >= 11 is 0. The van der Waals surface area contributed by atoms with Gasteiger partial charge in [0.05, 0.1) is 6.29 Å². The fraction of sp³-hybridized carbons (Fsp3) is 1.00. The van der Waals surface area contributed by atoms with Crippen LogP contribution in [-0.2, 0) is 4.57 Å². The first-order valence-electron chi connectivity index (χ1n) is 7.62. The van der Waals surface area contributed by atoms with E-state index < -0.39 is 7.14 Å². The lowest BCUT2D eigenvalue weighted by atomic mass is 10.4. The van der Waals surface area contributed by atoms with Gasteiger partial charge in [0.1, 0.15) is 7.14 Å². The van der Waals surface area contributed by atoms with E-state index >= 15 is 0 Å². The Kier molecular flexibility index (Phi) is 8.92. The predicted octanol–water partition coefficient (Wildman–Crippen LogP) is 0.431. The second-order valence-electron chi connectivity index (χ2n) is 5.20. The summed E-state index contributed by atoms with van der Waals surface area (Å²) in [6, 6.07) is 0. The third-order valence-corrected chi connectivity index (χ3v) is 7.00. The van der Waals surface area contributed by atoms with Crippen LogP contribution in [0.5, 0.6) is 0 Å². The van der Waals surface area contributed by atoms with Gasteiger partial charge in [-0.05, 0) is 12.3 Å². The van der Waals surface area contributed by atoms with Crippen molar-refractivity contribution in [1.29, 1.82) is 0 Å². The summed E-state index contributed by atoms with van der Waals surface area (Å²) in [6.07, 6.45) is 2.43. The van der Waals surface area contributed by atoms with Gasteiger partial charge in [-0.3, -0.25) is 4.90 Å². The van der Waals surface area contributed by atoms with Gasteiger partial charge in [0.2, 0.25) is 0 Å². The van der Waals surface area contributed by atoms with E-state index in [1.807, 2.05) is 0 Å². The summed E-state index contributed by atoms with van der Waals surface area (Å²) in [5.74, 6) is 0. The molecule has 0 unspecified atom stereocenters. The molecule has 114 valence electrons. The van der Waals surface area contributed by atoms with Crippen LogP contribution in [-0.4, -0.2) is 75.9 Å². The fourth-order valence-electron chi connectivity index (χ4n) is 2.24. The second-order valence-corrected chi connectivity index (χ2v) is 8.86. The first-order chi connectivity index (χ1) is 9.20. The maximum atomic E-state index is 12.6. The Balaban J connectivity index is 2.44. The van der Waals surface area contributed by atoms with Gasteiger partial charge >= 0.3 is 0 Å². The molecule has 5 nitrogen and oxygen atoms in total. The monoisotopic (exact) mass is 290 g/mol. The van der Waals surface area contributed by atoms with Crippen molar-refractivity contribution in [2.45, 2.75) is 13.8 Å². The van der Waals surface area contributed by atoms with Crippen LogP contribution < -0.4 is 16.0 Å². The molecule has 0 bridgehead atoms. The summed E-state index contributed by atoms with van der Waals surface area (Å²) < 4.78 is 12.6. The van der Waals surface area contributed by atoms with Gasteiger partial charge in [0.25, 0.3) is 0 Å². The number of nitrogens with zero attached hydrogens (tertiary/aromatic N) is 1. The molecule has 1 saturated heterocycles. The van der Waals surface area contributed by atoms with Crippen molar-refractivity contribution in [3.05, 3.63) is 0 Å². The second kappa shape index (κ2) is 9.89. The fourth-order valence-corrected chi connectivity index (χ4v) is 4.10. The molecule has 0 aromatic heterocycles. The molecule has 1 heterocycles. The van der Waals surface area contributed by atoms with Gasteiger partial charge in [-0.15, -0.1) is 0 Å². The molecule has 0 atom stereocenters. The summed E-state index contributed by atoms with van der Waals surface area (Å²) in [5.41, 5.74) is 0. The van der Waals surface area contributed by atoms with Crippen LogP contribution in [0.2, 0.25) is 0 Å². The van der Waals surface area contributed by atoms with Crippen molar-refractivity contribution >= 4 is 7.14 Å². The van der Waals surface area contributed by atoms with Crippen molar-refractivity contribution in [3.8, 4) is 0 Å². The van der Waals surface area contributed by atoms with Gasteiger partial charge in [0, 0.05) is 52.4 Å². The summed E-state index contributed by atoms with van der Waals surface area (Å²) in [7, 11) is -1.97. The number of hydrogen-bond acceptors (Lipinski definition) is 5. The first kappa shape index (κ1) is 17.1. The smallest absolute Gasteiger partial charge is 0.100 e. The number of rotatable bonds is 4. The highest BCUT2D eigenvalue weighted by atomic mass is 31.2. The lowest BCUT2D eigenvalue weighted by Gasteiger charge is -2.27. The lowest BCUT2D eigenvalue weighted by Crippen LogP contribution is -2.42. The molecule has 1 aliphatic rings. The topological polar surface area (TPSA) is 56.4 Å². The van der Waals surface area contributed by atoms with E-state index in [0.717, 1.165) is 71.0 Å². The molecular formula is C13H31N4OP. The Bertz CT molecular complexity index is 255. The summed E-state index contributed by atoms with van der Waals surface area (Å²) in [4.78, 5) is 2.36. The van der Waals surface area contributed by atoms with Gasteiger partial charge in [-0.1, -0.05) is 13.8 Å². The molecular weight excluding hydrogens is 259 g/mol. The quantitative estimate of drug-likeness (QED) is 0.656. The molecule has 6 heteroatoms. The van der Waals surface area contributed by atoms with Crippen molar-refractivity contribution in [2.75, 3.05) is 71.0 Å². The Labute approximate surface area is 118 Å². The molecule has 0 aliphatic carbocycles. The molecule has 1 rings (SSSR count). The van der Waals surface area contributed by atoms with Crippen LogP contribution >= 0.6 is 7.14 Å². The number of nitrogens with one attached hydrogen (secondary N) is 3. The van der Waals surface area contributed by atoms with Gasteiger partial charge in [-0.2, -0.15) is 0 Å². The van der Waals surface area contributed by atoms with Crippen LogP contribution in [0.4, 0.5) is 0 Å². The summed E-state index contributed by atoms with van der Waals surface area (Å²) in [6.45, 7) is 12.1. The highest BCUT2D eigenvalue weighted by Gasteiger charge is 2.20. The van der Waals surface area contributed by atoms with E-state index in [0.29, 0.717) is 0 Å². The van der Waals surface area contributed by atoms with Gasteiger partial charge in [0.15, 0.2) is 0 Å². The van der Waals surface area contributed by atoms with Gasteiger partial charge in [-0.25, -0.2) is 0 Å². The SMILES string of the molecule is CCP(=O)(CC)CN1CCNCCNCCNCC1. The zero-order chi connectivity index (χ0) is 14.0. The minimum atomic E-state index is -1.97. The summed E-state index contributed by atoms with van der Waals surface area (Å²) in [5, 5.41) is 10.3. The Morgan fingerprint density at radius 2 is 1.26 bits per heavy atom. The van der Waals surface area contributed by atoms with Gasteiger partial charge < -0.3 is 20.5 Å². The third-order valence-electron chi connectivity index (χ3n) is 3.78. The maximum absolute atomic E-state index is 12.6. The average Bonchev–Trinajstić information content (AvgIpc) is 2.42. The Morgan fingerprint density at radius 3 is 1.68 bits per heavy atom. The van der Waals surface area contributed by atoms with Crippen LogP contribution in [0.15, 0.2) is 0 Å². The van der Waals surface area contributed by atoms with Crippen LogP contribution in [0.25, 0.3) is 0 Å². The molecule has 0 amide bonds. The van der Waals surface area contributed by atoms with Crippen molar-refractivity contribution in [3.63, 3.8) is 0 Å². The molecule has 1 aliphatic heterocycles. The van der Waals surface area contributed by atoms with Crippen LogP contribution in [0.1, 0.15) is 13.8 Å². The predicted molar refractivity (Wildman–Crippen MR) is 83.7 cm³/mol. The van der Waals surface area contributed by atoms with Crippen LogP contribution in [0, 0.1) is 0 Å². The molecule has 19 heavy (non-hydrogen) atoms. The normalized spacial score (nSPS) is 21.6. The molecule has 0 aromatic carbocycles. The maximum Gasteiger partial charge on any atom is 0.100 e. The van der Waals surface area contributed by atoms with Crippen LogP contribution in [0.3, 0.4) is 0 Å². The standard InChI is InChI=1S/C13H31N4OP/c1-3-19(18,4-2)13-17-11-9-15-7-5-14-6-8-16-10-12-17/h14-16H,3-13H2,1-2H3. The minimum absolute atomic E-state index is 0.779. The van der Waals surface area contributed by atoms with E-state index in [1.54, 1.807) is 0 Å². The van der Waals surface area contributed by atoms with E-state index in [9.17, 15) is 4.57 Å². The minimum Gasteiger partial charge on any atom is -0.322 e. The Morgan fingerprint density at radius 1 is 0.842 bits per heavy atom. The van der Waals surface area contributed by atoms with E-state index in [2.05, 4.69) is 34.7 Å². The largest absolute Gasteiger partial charge is 0.322 e. The highest BCUT2D eigenvalue weighted by molar-refractivity contribution is 7.63. The number of hydrogen-bond donors (Lipinski definition) is 3. The van der Waals surface area contributed by atoms with Crippen molar-refractivity contribution in [1.82, 2.24) is 20.9 Å². The average molecular weight is 290 g/mol. The molecule has 0 saturated carbocycles. The van der Waals surface area contributed by atoms with E-state index in [-0.39, 0.29) is 0 Å². The zero-order valence-corrected chi connectivity index (χ0v) is 13.5. The lowest BCUT2D eigenvalue weighted by molar-refractivity contribution is 0.307. The zero-order valence-electron chi connectivity index (χ0n) is 12.6. The molecule has 0 aromatic rings. The van der Waals surface area contributed by atoms with E-state index in [4.69, 9.17) is 0 Å². The molecule has 3 N–H and O–H groups in total. The first-order valence-corrected chi connectivity index (χ1v) is 9.88. The highest BCUT2D eigenvalue weighted by Crippen LogP contribution is 2.44. The van der Waals surface area contributed by atoms with Crippen molar-refractivity contribution in [2.24, 2.45) is 0 Å². The molecule has 1 fully saturated rings.